The first-order valence-corrected chi connectivity index (χ1v) is 3.79. The maximum atomic E-state index is 11.0. The van der Waals surface area contributed by atoms with Gasteiger partial charge in [-0.25, -0.2) is 4.90 Å². The fourth-order valence-electron chi connectivity index (χ4n) is 0.898. The van der Waals surface area contributed by atoms with Crippen LogP contribution in [0.3, 0.4) is 0 Å². The van der Waals surface area contributed by atoms with Crippen LogP contribution in [-0.4, -0.2) is 16.7 Å². The number of halogens is 1. The van der Waals surface area contributed by atoms with Gasteiger partial charge in [-0.05, 0) is 13.3 Å². The summed E-state index contributed by atoms with van der Waals surface area (Å²) in [6.45, 7) is 3.54. The van der Waals surface area contributed by atoms with Gasteiger partial charge in [-0.3, -0.25) is 9.59 Å². The zero-order valence-electron chi connectivity index (χ0n) is 6.29. The van der Waals surface area contributed by atoms with Crippen molar-refractivity contribution < 1.29 is 9.59 Å². The molecule has 1 aliphatic rings. The minimum Gasteiger partial charge on any atom is -0.269 e. The Morgan fingerprint density at radius 3 is 2.33 bits per heavy atom. The summed E-state index contributed by atoms with van der Waals surface area (Å²) in [7, 11) is 0. The lowest BCUT2D eigenvalue weighted by molar-refractivity contribution is -0.134. The normalized spacial score (nSPS) is 17.8. The summed E-state index contributed by atoms with van der Waals surface area (Å²) in [4.78, 5) is 23.1. The predicted octanol–water partition coefficient (Wildman–Crippen LogP) is 1.22. The number of carbonyl (C=O) groups is 2. The molecule has 0 aliphatic carbocycles. The lowest BCUT2D eigenvalue weighted by atomic mass is 10.3. The molecule has 63 valence electrons. The molecule has 0 N–H and O–H groups in total. The van der Waals surface area contributed by atoms with E-state index in [0.29, 0.717) is 12.1 Å². The van der Waals surface area contributed by atoms with Crippen LogP contribution in [0.5, 0.6) is 0 Å². The second-order valence-electron chi connectivity index (χ2n) is 2.20. The molecule has 0 saturated carbocycles. The molecule has 1 heterocycles. The first-order valence-electron chi connectivity index (χ1n) is 3.35. The molecule has 0 fully saturated rings. The number of amides is 2. The number of carbonyl (C=O) groups excluding carboxylic acids is 2. The average molecular weight is 185 g/mol. The SMILES string of the molecule is [CH2]CC(=CCl)N1C(=O)C=CC1=O. The molecule has 0 spiro atoms. The highest BCUT2D eigenvalue weighted by atomic mass is 35.5. The second-order valence-corrected chi connectivity index (χ2v) is 2.41. The van der Waals surface area contributed by atoms with Gasteiger partial charge in [0.05, 0.1) is 0 Å². The molecule has 0 atom stereocenters. The molecule has 0 saturated heterocycles. The summed E-state index contributed by atoms with van der Waals surface area (Å²) < 4.78 is 0. The van der Waals surface area contributed by atoms with Gasteiger partial charge in [0.2, 0.25) is 0 Å². The van der Waals surface area contributed by atoms with Gasteiger partial charge in [0, 0.05) is 23.4 Å². The molecular formula is C8H7ClNO2. The number of hydrogen-bond acceptors (Lipinski definition) is 2. The van der Waals surface area contributed by atoms with Crippen molar-refractivity contribution in [2.24, 2.45) is 0 Å². The Hall–Kier alpha value is -1.09. The van der Waals surface area contributed by atoms with Gasteiger partial charge in [-0.2, -0.15) is 0 Å². The Balaban J connectivity index is 2.89. The van der Waals surface area contributed by atoms with Crippen LogP contribution < -0.4 is 0 Å². The van der Waals surface area contributed by atoms with Crippen molar-refractivity contribution in [1.82, 2.24) is 4.90 Å². The van der Waals surface area contributed by atoms with Crippen molar-refractivity contribution >= 4 is 23.4 Å². The molecule has 12 heavy (non-hydrogen) atoms. The van der Waals surface area contributed by atoms with E-state index in [9.17, 15) is 9.59 Å². The van der Waals surface area contributed by atoms with E-state index in [0.717, 1.165) is 4.90 Å². The van der Waals surface area contributed by atoms with Crippen LogP contribution in [0.1, 0.15) is 6.42 Å². The molecule has 0 aromatic rings. The maximum absolute atomic E-state index is 11.0. The number of allylic oxidation sites excluding steroid dienone is 1. The van der Waals surface area contributed by atoms with Crippen molar-refractivity contribution in [2.45, 2.75) is 6.42 Å². The Labute approximate surface area is 75.3 Å². The minimum atomic E-state index is -0.365. The number of rotatable bonds is 2. The molecule has 0 aromatic heterocycles. The molecule has 3 nitrogen and oxygen atoms in total. The van der Waals surface area contributed by atoms with Crippen molar-refractivity contribution in [3.8, 4) is 0 Å². The highest BCUT2D eigenvalue weighted by Crippen LogP contribution is 2.15. The Bertz CT molecular complexity index is 263. The van der Waals surface area contributed by atoms with E-state index in [1.165, 1.54) is 17.7 Å². The molecule has 0 unspecified atom stereocenters. The van der Waals surface area contributed by atoms with Gasteiger partial charge in [-0.15, -0.1) is 0 Å². The van der Waals surface area contributed by atoms with E-state index in [-0.39, 0.29) is 11.8 Å². The third-order valence-electron chi connectivity index (χ3n) is 1.48. The zero-order chi connectivity index (χ0) is 9.14. The summed E-state index contributed by atoms with van der Waals surface area (Å²) in [5.74, 6) is -0.730. The molecule has 4 heteroatoms. The third-order valence-corrected chi connectivity index (χ3v) is 1.73. The van der Waals surface area contributed by atoms with Gasteiger partial charge < -0.3 is 0 Å². The lowest BCUT2D eigenvalue weighted by Crippen LogP contribution is -2.28. The van der Waals surface area contributed by atoms with Crippen LogP contribution in [0.4, 0.5) is 0 Å². The first-order chi connectivity index (χ1) is 5.70. The van der Waals surface area contributed by atoms with Crippen LogP contribution in [0.2, 0.25) is 0 Å². The Kier molecular flexibility index (Phi) is 2.65. The monoisotopic (exact) mass is 184 g/mol. The molecule has 1 radical (unpaired) electrons. The minimum absolute atomic E-state index is 0.308. The van der Waals surface area contributed by atoms with Gasteiger partial charge in [0.15, 0.2) is 0 Å². The number of nitrogens with zero attached hydrogens (tertiary/aromatic N) is 1. The fourth-order valence-corrected chi connectivity index (χ4v) is 1.11. The summed E-state index contributed by atoms with van der Waals surface area (Å²) in [5, 5.41) is 0. The van der Waals surface area contributed by atoms with Crippen LogP contribution in [0.15, 0.2) is 23.4 Å². The fraction of sp³-hybridized carbons (Fsp3) is 0.125. The third kappa shape index (κ3) is 1.41. The van der Waals surface area contributed by atoms with E-state index < -0.39 is 0 Å². The highest BCUT2D eigenvalue weighted by Gasteiger charge is 2.25. The highest BCUT2D eigenvalue weighted by molar-refractivity contribution is 6.26. The van der Waals surface area contributed by atoms with Gasteiger partial charge in [0.25, 0.3) is 11.8 Å². The summed E-state index contributed by atoms with van der Waals surface area (Å²) in [6, 6.07) is 0. The van der Waals surface area contributed by atoms with Crippen molar-refractivity contribution in [3.05, 3.63) is 30.3 Å². The lowest BCUT2D eigenvalue weighted by Gasteiger charge is -2.14. The van der Waals surface area contributed by atoms with Crippen LogP contribution >= 0.6 is 11.6 Å². The Morgan fingerprint density at radius 1 is 1.50 bits per heavy atom. The smallest absolute Gasteiger partial charge is 0.257 e. The van der Waals surface area contributed by atoms with E-state index >= 15 is 0 Å². The summed E-state index contributed by atoms with van der Waals surface area (Å²) >= 11 is 5.40. The number of hydrogen-bond donors (Lipinski definition) is 0. The summed E-state index contributed by atoms with van der Waals surface area (Å²) in [5.41, 5.74) is 1.60. The van der Waals surface area contributed by atoms with Crippen LogP contribution in [0.25, 0.3) is 0 Å². The first kappa shape index (κ1) is 9.00. The molecule has 0 aromatic carbocycles. The quantitative estimate of drug-likeness (QED) is 0.605. The van der Waals surface area contributed by atoms with Crippen molar-refractivity contribution in [3.63, 3.8) is 0 Å². The second kappa shape index (κ2) is 3.54. The molecule has 1 rings (SSSR count). The van der Waals surface area contributed by atoms with E-state index in [1.807, 2.05) is 0 Å². The van der Waals surface area contributed by atoms with E-state index in [2.05, 4.69) is 6.92 Å². The topological polar surface area (TPSA) is 37.4 Å². The standard InChI is InChI=1S/C8H7ClNO2/c1-2-6(5-9)10-7(11)3-4-8(10)12/h3-5H,1-2H2. The van der Waals surface area contributed by atoms with Crippen LogP contribution in [-0.2, 0) is 9.59 Å². The van der Waals surface area contributed by atoms with Gasteiger partial charge in [0.1, 0.15) is 0 Å². The zero-order valence-corrected chi connectivity index (χ0v) is 7.04. The van der Waals surface area contributed by atoms with Gasteiger partial charge >= 0.3 is 0 Å². The maximum Gasteiger partial charge on any atom is 0.257 e. The van der Waals surface area contributed by atoms with Crippen molar-refractivity contribution in [1.29, 1.82) is 0 Å². The summed E-state index contributed by atoms with van der Waals surface area (Å²) in [6.07, 6.45) is 2.72. The Morgan fingerprint density at radius 2 is 2.00 bits per heavy atom. The van der Waals surface area contributed by atoms with Crippen LogP contribution in [0, 0.1) is 6.92 Å². The molecular weight excluding hydrogens is 178 g/mol. The van der Waals surface area contributed by atoms with E-state index in [4.69, 9.17) is 11.6 Å². The van der Waals surface area contributed by atoms with Crippen molar-refractivity contribution in [2.75, 3.05) is 0 Å². The molecule has 0 bridgehead atoms. The number of imide groups is 1. The van der Waals surface area contributed by atoms with Gasteiger partial charge in [-0.1, -0.05) is 11.6 Å². The predicted molar refractivity (Wildman–Crippen MR) is 44.9 cm³/mol. The largest absolute Gasteiger partial charge is 0.269 e. The van der Waals surface area contributed by atoms with E-state index in [1.54, 1.807) is 0 Å². The average Bonchev–Trinajstić information content (AvgIpc) is 2.38. The molecule has 1 aliphatic heterocycles. The molecule has 2 amide bonds.